The van der Waals surface area contributed by atoms with E-state index in [2.05, 4.69) is 29.0 Å². The number of anilines is 1. The summed E-state index contributed by atoms with van der Waals surface area (Å²) in [5.74, 6) is -0.0914. The standard InChI is InChI=1S/C18H28N4O3S/c1-13-11-21(12-14(2)22(13)8-7-20(3)4)26(24,25)16-5-6-17-15(9-16)10-18(23)19-17/h5-6,9,13-14H,7-8,10-12H2,1-4H3,(H,19,23). The molecule has 0 radical (unpaired) electrons. The Hall–Kier alpha value is -1.48. The number of rotatable bonds is 5. The molecular weight excluding hydrogens is 352 g/mol. The molecule has 2 aliphatic heterocycles. The van der Waals surface area contributed by atoms with Gasteiger partial charge in [0.1, 0.15) is 0 Å². The minimum absolute atomic E-state index is 0.0914. The fourth-order valence-electron chi connectivity index (χ4n) is 3.78. The van der Waals surface area contributed by atoms with Gasteiger partial charge in [0.15, 0.2) is 0 Å². The van der Waals surface area contributed by atoms with Crippen molar-refractivity contribution in [1.29, 1.82) is 0 Å². The van der Waals surface area contributed by atoms with Crippen molar-refractivity contribution in [2.24, 2.45) is 0 Å². The van der Waals surface area contributed by atoms with E-state index in [-0.39, 0.29) is 29.3 Å². The van der Waals surface area contributed by atoms with E-state index < -0.39 is 10.0 Å². The van der Waals surface area contributed by atoms with Gasteiger partial charge in [-0.2, -0.15) is 4.31 Å². The number of hydrogen-bond acceptors (Lipinski definition) is 5. The first-order valence-corrected chi connectivity index (χ1v) is 10.5. The molecule has 1 N–H and O–H groups in total. The van der Waals surface area contributed by atoms with Gasteiger partial charge in [-0.1, -0.05) is 0 Å². The van der Waals surface area contributed by atoms with Gasteiger partial charge in [-0.25, -0.2) is 8.42 Å². The Morgan fingerprint density at radius 3 is 2.46 bits per heavy atom. The molecule has 0 spiro atoms. The highest BCUT2D eigenvalue weighted by Gasteiger charge is 2.36. The van der Waals surface area contributed by atoms with Crippen molar-refractivity contribution in [3.8, 4) is 0 Å². The van der Waals surface area contributed by atoms with Crippen LogP contribution >= 0.6 is 0 Å². The molecule has 0 saturated carbocycles. The number of sulfonamides is 1. The van der Waals surface area contributed by atoms with Crippen molar-refractivity contribution in [3.05, 3.63) is 23.8 Å². The van der Waals surface area contributed by atoms with Gasteiger partial charge in [-0.3, -0.25) is 9.69 Å². The van der Waals surface area contributed by atoms with Crippen LogP contribution in [0.2, 0.25) is 0 Å². The number of amides is 1. The van der Waals surface area contributed by atoms with Crippen molar-refractivity contribution in [1.82, 2.24) is 14.1 Å². The topological polar surface area (TPSA) is 73.0 Å². The largest absolute Gasteiger partial charge is 0.326 e. The lowest BCUT2D eigenvalue weighted by Gasteiger charge is -2.44. The van der Waals surface area contributed by atoms with E-state index in [0.717, 1.165) is 18.7 Å². The van der Waals surface area contributed by atoms with Crippen LogP contribution in [0.1, 0.15) is 19.4 Å². The highest BCUT2D eigenvalue weighted by molar-refractivity contribution is 7.89. The summed E-state index contributed by atoms with van der Waals surface area (Å²) < 4.78 is 27.8. The zero-order chi connectivity index (χ0) is 19.1. The lowest BCUT2D eigenvalue weighted by molar-refractivity contribution is -0.115. The summed E-state index contributed by atoms with van der Waals surface area (Å²) in [5, 5.41) is 2.74. The molecule has 0 bridgehead atoms. The van der Waals surface area contributed by atoms with Gasteiger partial charge in [-0.15, -0.1) is 0 Å². The number of nitrogens with one attached hydrogen (secondary N) is 1. The second-order valence-corrected chi connectivity index (χ2v) is 9.54. The Balaban J connectivity index is 1.77. The SMILES string of the molecule is CC1CN(S(=O)(=O)c2ccc3c(c2)CC(=O)N3)CC(C)N1CCN(C)C. The van der Waals surface area contributed by atoms with Crippen LogP contribution in [0.3, 0.4) is 0 Å². The molecule has 1 saturated heterocycles. The minimum Gasteiger partial charge on any atom is -0.326 e. The van der Waals surface area contributed by atoms with Crippen LogP contribution in [0.25, 0.3) is 0 Å². The quantitative estimate of drug-likeness (QED) is 0.819. The number of nitrogens with zero attached hydrogens (tertiary/aromatic N) is 3. The van der Waals surface area contributed by atoms with Gasteiger partial charge in [0.05, 0.1) is 11.3 Å². The van der Waals surface area contributed by atoms with Gasteiger partial charge in [0, 0.05) is 44.0 Å². The van der Waals surface area contributed by atoms with Gasteiger partial charge in [0.25, 0.3) is 0 Å². The maximum atomic E-state index is 13.1. The molecule has 8 heteroatoms. The molecule has 2 unspecified atom stereocenters. The van der Waals surface area contributed by atoms with E-state index in [0.29, 0.717) is 18.8 Å². The summed E-state index contributed by atoms with van der Waals surface area (Å²) >= 11 is 0. The average molecular weight is 381 g/mol. The van der Waals surface area contributed by atoms with Crippen LogP contribution in [-0.4, -0.2) is 80.8 Å². The molecule has 3 rings (SSSR count). The molecule has 2 atom stereocenters. The number of carbonyl (C=O) groups excluding carboxylic acids is 1. The molecule has 7 nitrogen and oxygen atoms in total. The van der Waals surface area contributed by atoms with E-state index in [1.807, 2.05) is 14.1 Å². The minimum atomic E-state index is -3.56. The fourth-order valence-corrected chi connectivity index (χ4v) is 5.43. The predicted octanol–water partition coefficient (Wildman–Crippen LogP) is 0.826. The summed E-state index contributed by atoms with van der Waals surface area (Å²) in [5.41, 5.74) is 1.46. The maximum absolute atomic E-state index is 13.1. The van der Waals surface area contributed by atoms with Crippen molar-refractivity contribution in [2.45, 2.75) is 37.2 Å². The summed E-state index contributed by atoms with van der Waals surface area (Å²) in [7, 11) is 0.526. The summed E-state index contributed by atoms with van der Waals surface area (Å²) in [4.78, 5) is 16.3. The number of benzene rings is 1. The normalized spacial score (nSPS) is 24.7. The number of piperazine rings is 1. The molecule has 26 heavy (non-hydrogen) atoms. The Kier molecular flexibility index (Phi) is 5.39. The van der Waals surface area contributed by atoms with Crippen molar-refractivity contribution in [2.75, 3.05) is 45.6 Å². The molecule has 0 aromatic heterocycles. The Morgan fingerprint density at radius 1 is 1.19 bits per heavy atom. The lowest BCUT2D eigenvalue weighted by Crippen LogP contribution is -2.58. The first kappa shape index (κ1) is 19.3. The van der Waals surface area contributed by atoms with Crippen LogP contribution < -0.4 is 5.32 Å². The van der Waals surface area contributed by atoms with E-state index in [1.54, 1.807) is 22.5 Å². The van der Waals surface area contributed by atoms with Gasteiger partial charge in [0.2, 0.25) is 15.9 Å². The molecule has 1 aromatic carbocycles. The zero-order valence-corrected chi connectivity index (χ0v) is 16.7. The van der Waals surface area contributed by atoms with Gasteiger partial charge < -0.3 is 10.2 Å². The van der Waals surface area contributed by atoms with Crippen LogP contribution in [0.4, 0.5) is 5.69 Å². The van der Waals surface area contributed by atoms with E-state index in [4.69, 9.17) is 0 Å². The number of likely N-dealkylation sites (N-methyl/N-ethyl adjacent to an activating group) is 1. The first-order chi connectivity index (χ1) is 12.2. The first-order valence-electron chi connectivity index (χ1n) is 9.02. The third-order valence-electron chi connectivity index (χ3n) is 5.21. The fraction of sp³-hybridized carbons (Fsp3) is 0.611. The molecular formula is C18H28N4O3S. The third-order valence-corrected chi connectivity index (χ3v) is 7.04. The molecule has 2 aliphatic rings. The second kappa shape index (κ2) is 7.26. The molecule has 0 aliphatic carbocycles. The van der Waals surface area contributed by atoms with Crippen molar-refractivity contribution >= 4 is 21.6 Å². The third kappa shape index (κ3) is 3.78. The van der Waals surface area contributed by atoms with Crippen LogP contribution in [-0.2, 0) is 21.2 Å². The molecule has 144 valence electrons. The number of hydrogen-bond donors (Lipinski definition) is 1. The van der Waals surface area contributed by atoms with Crippen LogP contribution in [0, 0.1) is 0 Å². The number of carbonyl (C=O) groups is 1. The highest BCUT2D eigenvalue weighted by Crippen LogP contribution is 2.29. The lowest BCUT2D eigenvalue weighted by atomic mass is 10.1. The van der Waals surface area contributed by atoms with Gasteiger partial charge in [-0.05, 0) is 51.7 Å². The smallest absolute Gasteiger partial charge is 0.243 e. The Bertz CT molecular complexity index is 782. The van der Waals surface area contributed by atoms with E-state index in [9.17, 15) is 13.2 Å². The molecule has 2 heterocycles. The van der Waals surface area contributed by atoms with E-state index >= 15 is 0 Å². The van der Waals surface area contributed by atoms with E-state index in [1.165, 1.54) is 0 Å². The Labute approximate surface area is 156 Å². The summed E-state index contributed by atoms with van der Waals surface area (Å²) in [6.07, 6.45) is 0.240. The second-order valence-electron chi connectivity index (χ2n) is 7.61. The summed E-state index contributed by atoms with van der Waals surface area (Å²) in [6.45, 7) is 7.00. The van der Waals surface area contributed by atoms with Crippen LogP contribution in [0.15, 0.2) is 23.1 Å². The molecule has 1 aromatic rings. The average Bonchev–Trinajstić information content (AvgIpc) is 2.92. The van der Waals surface area contributed by atoms with Gasteiger partial charge >= 0.3 is 0 Å². The monoisotopic (exact) mass is 380 g/mol. The maximum Gasteiger partial charge on any atom is 0.243 e. The van der Waals surface area contributed by atoms with Crippen molar-refractivity contribution < 1.29 is 13.2 Å². The number of fused-ring (bicyclic) bond motifs is 1. The Morgan fingerprint density at radius 2 is 1.85 bits per heavy atom. The molecule has 1 amide bonds. The summed E-state index contributed by atoms with van der Waals surface area (Å²) in [6, 6.07) is 5.23. The zero-order valence-electron chi connectivity index (χ0n) is 15.9. The highest BCUT2D eigenvalue weighted by atomic mass is 32.2. The molecule has 1 fully saturated rings. The van der Waals surface area contributed by atoms with Crippen molar-refractivity contribution in [3.63, 3.8) is 0 Å². The van der Waals surface area contributed by atoms with Crippen LogP contribution in [0.5, 0.6) is 0 Å². The predicted molar refractivity (Wildman–Crippen MR) is 102 cm³/mol.